The number of aliphatic hydroxyl groups excluding tert-OH is 2. The summed E-state index contributed by atoms with van der Waals surface area (Å²) >= 11 is 0. The van der Waals surface area contributed by atoms with E-state index in [9.17, 15) is 10.2 Å². The molecule has 0 amide bonds. The molecule has 3 unspecified atom stereocenters. The van der Waals surface area contributed by atoms with Gasteiger partial charge in [-0.2, -0.15) is 0 Å². The first-order valence-corrected chi connectivity index (χ1v) is 13.7. The summed E-state index contributed by atoms with van der Waals surface area (Å²) in [6.45, 7) is 14.6. The number of hydrogen-bond donors (Lipinski definition) is 2. The van der Waals surface area contributed by atoms with E-state index >= 15 is 0 Å². The van der Waals surface area contributed by atoms with Crippen LogP contribution in [-0.2, 0) is 0 Å². The Bertz CT molecular complexity index is 668. The lowest BCUT2D eigenvalue weighted by atomic mass is 9.45. The molecule has 0 bridgehead atoms. The summed E-state index contributed by atoms with van der Waals surface area (Å²) in [4.78, 5) is 0. The molecule has 0 aromatic carbocycles. The molecule has 4 aliphatic carbocycles. The molecule has 0 aromatic rings. The van der Waals surface area contributed by atoms with Gasteiger partial charge in [0.25, 0.3) is 0 Å². The van der Waals surface area contributed by atoms with Gasteiger partial charge in [0.2, 0.25) is 0 Å². The van der Waals surface area contributed by atoms with Crippen LogP contribution in [0.1, 0.15) is 106 Å². The highest BCUT2D eigenvalue weighted by Gasteiger charge is 2.59. The molecule has 178 valence electrons. The van der Waals surface area contributed by atoms with Gasteiger partial charge in [0.05, 0.1) is 12.2 Å². The van der Waals surface area contributed by atoms with Crippen molar-refractivity contribution >= 4 is 0 Å². The zero-order chi connectivity index (χ0) is 22.6. The molecule has 10 atom stereocenters. The Morgan fingerprint density at radius 3 is 2.42 bits per heavy atom. The van der Waals surface area contributed by atoms with Crippen LogP contribution in [0.15, 0.2) is 11.6 Å². The largest absolute Gasteiger partial charge is 0.393 e. The van der Waals surface area contributed by atoms with Gasteiger partial charge in [-0.3, -0.25) is 0 Å². The third-order valence-corrected chi connectivity index (χ3v) is 11.2. The molecule has 0 spiro atoms. The van der Waals surface area contributed by atoms with Crippen LogP contribution in [0.25, 0.3) is 0 Å². The second-order valence-electron chi connectivity index (χ2n) is 13.0. The highest BCUT2D eigenvalue weighted by Crippen LogP contribution is 2.66. The number of hydrogen-bond acceptors (Lipinski definition) is 2. The van der Waals surface area contributed by atoms with Gasteiger partial charge in [0.15, 0.2) is 0 Å². The first-order chi connectivity index (χ1) is 14.6. The average molecular weight is 431 g/mol. The fourth-order valence-electron chi connectivity index (χ4n) is 9.27. The van der Waals surface area contributed by atoms with Gasteiger partial charge in [-0.1, -0.05) is 66.0 Å². The molecule has 2 nitrogen and oxygen atoms in total. The Kier molecular flexibility index (Phi) is 6.75. The molecule has 0 radical (unpaired) electrons. The van der Waals surface area contributed by atoms with E-state index in [0.717, 1.165) is 30.6 Å². The van der Waals surface area contributed by atoms with Crippen molar-refractivity contribution < 1.29 is 10.2 Å². The van der Waals surface area contributed by atoms with Crippen LogP contribution in [0.4, 0.5) is 0 Å². The van der Waals surface area contributed by atoms with Crippen molar-refractivity contribution in [1.82, 2.24) is 0 Å². The van der Waals surface area contributed by atoms with Gasteiger partial charge in [-0.05, 0) is 97.7 Å². The Hall–Kier alpha value is -0.340. The predicted molar refractivity (Wildman–Crippen MR) is 130 cm³/mol. The van der Waals surface area contributed by atoms with Crippen molar-refractivity contribution in [3.63, 3.8) is 0 Å². The number of fused-ring (bicyclic) bond motifs is 5. The maximum atomic E-state index is 11.3. The van der Waals surface area contributed by atoms with Gasteiger partial charge in [-0.15, -0.1) is 0 Å². The Morgan fingerprint density at radius 1 is 1.00 bits per heavy atom. The SMILES string of the molecule is CC[C@@H](CCC(C)[C@H]1[C@H](O)C=C2C3CC[C@H]4C[C@@H](O)CC[C@]4(C)C3CC[C@@]21C)C(C)C. The zero-order valence-corrected chi connectivity index (χ0v) is 21.2. The van der Waals surface area contributed by atoms with E-state index in [1.807, 2.05) is 0 Å². The van der Waals surface area contributed by atoms with E-state index < -0.39 is 0 Å². The molecule has 0 aliphatic heterocycles. The highest BCUT2D eigenvalue weighted by atomic mass is 16.3. The monoisotopic (exact) mass is 430 g/mol. The molecule has 0 saturated heterocycles. The van der Waals surface area contributed by atoms with Crippen molar-refractivity contribution in [2.24, 2.45) is 52.3 Å². The van der Waals surface area contributed by atoms with E-state index in [2.05, 4.69) is 47.6 Å². The molecule has 2 N–H and O–H groups in total. The standard InChI is InChI=1S/C29H50O2/c1-7-20(18(2)3)9-8-19(4)27-26(31)17-25-23-11-10-21-16-22(30)12-14-28(21,5)24(23)13-15-29(25,27)6/h17-24,26-27,30-31H,7-16H2,1-6H3/t19?,20-,21-,22-,23?,24?,26+,27-,28-,29-/m0/s1. The van der Waals surface area contributed by atoms with Crippen LogP contribution >= 0.6 is 0 Å². The van der Waals surface area contributed by atoms with E-state index in [1.165, 1.54) is 51.4 Å². The maximum absolute atomic E-state index is 11.3. The molecule has 0 aromatic heterocycles. The molecular weight excluding hydrogens is 380 g/mol. The summed E-state index contributed by atoms with van der Waals surface area (Å²) in [5, 5.41) is 21.6. The van der Waals surface area contributed by atoms with Crippen LogP contribution < -0.4 is 0 Å². The van der Waals surface area contributed by atoms with Crippen LogP contribution in [0, 0.1) is 52.3 Å². The Morgan fingerprint density at radius 2 is 1.74 bits per heavy atom. The molecular formula is C29H50O2. The van der Waals surface area contributed by atoms with Gasteiger partial charge < -0.3 is 10.2 Å². The maximum Gasteiger partial charge on any atom is 0.0762 e. The molecule has 3 saturated carbocycles. The van der Waals surface area contributed by atoms with Crippen molar-refractivity contribution in [3.8, 4) is 0 Å². The molecule has 4 rings (SSSR count). The lowest BCUT2D eigenvalue weighted by molar-refractivity contribution is -0.0888. The summed E-state index contributed by atoms with van der Waals surface area (Å²) in [6, 6.07) is 0. The Balaban J connectivity index is 1.51. The highest BCUT2D eigenvalue weighted by molar-refractivity contribution is 5.32. The lowest BCUT2D eigenvalue weighted by Crippen LogP contribution is -2.52. The molecule has 3 fully saturated rings. The summed E-state index contributed by atoms with van der Waals surface area (Å²) < 4.78 is 0. The van der Waals surface area contributed by atoms with Crippen molar-refractivity contribution in [2.45, 2.75) is 118 Å². The molecule has 2 heteroatoms. The van der Waals surface area contributed by atoms with Crippen molar-refractivity contribution in [1.29, 1.82) is 0 Å². The summed E-state index contributed by atoms with van der Waals surface area (Å²) in [5.74, 6) is 4.67. The average Bonchev–Trinajstić information content (AvgIpc) is 2.98. The second-order valence-corrected chi connectivity index (χ2v) is 13.0. The topological polar surface area (TPSA) is 40.5 Å². The van der Waals surface area contributed by atoms with E-state index in [-0.39, 0.29) is 17.6 Å². The van der Waals surface area contributed by atoms with Crippen LogP contribution in [0.3, 0.4) is 0 Å². The quantitative estimate of drug-likeness (QED) is 0.446. The minimum atomic E-state index is -0.258. The van der Waals surface area contributed by atoms with Gasteiger partial charge in [-0.25, -0.2) is 0 Å². The van der Waals surface area contributed by atoms with Gasteiger partial charge >= 0.3 is 0 Å². The number of allylic oxidation sites excluding steroid dienone is 1. The predicted octanol–water partition coefficient (Wildman–Crippen LogP) is 7.00. The van der Waals surface area contributed by atoms with Crippen LogP contribution in [-0.4, -0.2) is 22.4 Å². The zero-order valence-electron chi connectivity index (χ0n) is 21.2. The molecule has 31 heavy (non-hydrogen) atoms. The normalized spacial score (nSPS) is 46.7. The van der Waals surface area contributed by atoms with Crippen LogP contribution in [0.2, 0.25) is 0 Å². The minimum absolute atomic E-state index is 0.0704. The number of aliphatic hydroxyl groups is 2. The third kappa shape index (κ3) is 3.96. The fourth-order valence-corrected chi connectivity index (χ4v) is 9.27. The van der Waals surface area contributed by atoms with Gasteiger partial charge in [0, 0.05) is 5.92 Å². The molecule has 4 aliphatic rings. The van der Waals surface area contributed by atoms with Crippen molar-refractivity contribution in [2.75, 3.05) is 0 Å². The van der Waals surface area contributed by atoms with Gasteiger partial charge in [0.1, 0.15) is 0 Å². The number of rotatable bonds is 6. The summed E-state index contributed by atoms with van der Waals surface area (Å²) in [7, 11) is 0. The van der Waals surface area contributed by atoms with E-state index in [1.54, 1.807) is 5.57 Å². The minimum Gasteiger partial charge on any atom is -0.393 e. The summed E-state index contributed by atoms with van der Waals surface area (Å²) in [5.41, 5.74) is 2.22. The first kappa shape index (κ1) is 23.8. The smallest absolute Gasteiger partial charge is 0.0762 e. The first-order valence-electron chi connectivity index (χ1n) is 13.7. The van der Waals surface area contributed by atoms with E-state index in [4.69, 9.17) is 0 Å². The third-order valence-electron chi connectivity index (χ3n) is 11.2. The molecule has 0 heterocycles. The summed E-state index contributed by atoms with van der Waals surface area (Å²) in [6.07, 6.45) is 14.2. The fraction of sp³-hybridized carbons (Fsp3) is 0.931. The lowest BCUT2D eigenvalue weighted by Gasteiger charge is -2.59. The Labute approximate surface area is 192 Å². The van der Waals surface area contributed by atoms with Crippen LogP contribution in [0.5, 0.6) is 0 Å². The second kappa shape index (κ2) is 8.79. The van der Waals surface area contributed by atoms with E-state index in [0.29, 0.717) is 29.1 Å². The van der Waals surface area contributed by atoms with Crippen molar-refractivity contribution in [3.05, 3.63) is 11.6 Å².